The number of ketones is 1. The number of nitrogens with zero attached hydrogens (tertiary/aromatic N) is 1. The van der Waals surface area contributed by atoms with E-state index in [0.29, 0.717) is 12.2 Å². The second kappa shape index (κ2) is 9.81. The molecular formula is C16H25NO. The molecule has 0 aliphatic carbocycles. The number of pyridine rings is 1. The molecule has 1 heterocycles. The van der Waals surface area contributed by atoms with Gasteiger partial charge in [0.05, 0.1) is 0 Å². The maximum atomic E-state index is 11.7. The van der Waals surface area contributed by atoms with Gasteiger partial charge in [-0.1, -0.05) is 45.1 Å². The summed E-state index contributed by atoms with van der Waals surface area (Å²) in [5.74, 6) is 0.385. The van der Waals surface area contributed by atoms with Crippen LogP contribution in [-0.2, 0) is 11.2 Å². The highest BCUT2D eigenvalue weighted by Gasteiger charge is 2.03. The largest absolute Gasteiger partial charge is 0.300 e. The summed E-state index contributed by atoms with van der Waals surface area (Å²) in [7, 11) is 0. The Morgan fingerprint density at radius 1 is 1.06 bits per heavy atom. The highest BCUT2D eigenvalue weighted by Crippen LogP contribution is 2.09. The lowest BCUT2D eigenvalue weighted by Gasteiger charge is -2.02. The minimum absolute atomic E-state index is 0.385. The van der Waals surface area contributed by atoms with Crippen LogP contribution in [0.2, 0.25) is 0 Å². The SMILES string of the molecule is CCCCCCCCC(=O)CCc1ccccn1. The number of carbonyl (C=O) groups excluding carboxylic acids is 1. The molecule has 0 aromatic carbocycles. The molecule has 0 atom stereocenters. The number of carbonyl (C=O) groups is 1. The molecule has 1 rings (SSSR count). The Bertz CT molecular complexity index is 321. The number of hydrogen-bond acceptors (Lipinski definition) is 2. The monoisotopic (exact) mass is 247 g/mol. The van der Waals surface area contributed by atoms with E-state index < -0.39 is 0 Å². The van der Waals surface area contributed by atoms with Crippen molar-refractivity contribution in [1.82, 2.24) is 4.98 Å². The van der Waals surface area contributed by atoms with E-state index in [4.69, 9.17) is 0 Å². The van der Waals surface area contributed by atoms with Crippen molar-refractivity contribution < 1.29 is 4.79 Å². The van der Waals surface area contributed by atoms with Gasteiger partial charge in [0, 0.05) is 24.7 Å². The van der Waals surface area contributed by atoms with E-state index in [2.05, 4.69) is 11.9 Å². The average Bonchev–Trinajstić information content (AvgIpc) is 2.41. The number of unbranched alkanes of at least 4 members (excludes halogenated alkanes) is 5. The van der Waals surface area contributed by atoms with Gasteiger partial charge >= 0.3 is 0 Å². The van der Waals surface area contributed by atoms with Crippen molar-refractivity contribution >= 4 is 5.78 Å². The van der Waals surface area contributed by atoms with Crippen molar-refractivity contribution in [3.05, 3.63) is 30.1 Å². The maximum Gasteiger partial charge on any atom is 0.133 e. The summed E-state index contributed by atoms with van der Waals surface area (Å²) in [4.78, 5) is 15.9. The Hall–Kier alpha value is -1.18. The molecule has 2 heteroatoms. The smallest absolute Gasteiger partial charge is 0.133 e. The molecule has 0 unspecified atom stereocenters. The van der Waals surface area contributed by atoms with Crippen LogP contribution in [-0.4, -0.2) is 10.8 Å². The molecule has 100 valence electrons. The molecule has 1 aromatic rings. The van der Waals surface area contributed by atoms with Crippen molar-refractivity contribution in [2.75, 3.05) is 0 Å². The fourth-order valence-electron chi connectivity index (χ4n) is 2.04. The fraction of sp³-hybridized carbons (Fsp3) is 0.625. The molecule has 0 N–H and O–H groups in total. The van der Waals surface area contributed by atoms with Crippen LogP contribution < -0.4 is 0 Å². The predicted molar refractivity (Wildman–Crippen MR) is 75.6 cm³/mol. The van der Waals surface area contributed by atoms with Crippen LogP contribution >= 0.6 is 0 Å². The molecule has 1 aromatic heterocycles. The van der Waals surface area contributed by atoms with E-state index in [9.17, 15) is 4.79 Å². The molecule has 0 amide bonds. The number of hydrogen-bond donors (Lipinski definition) is 0. The van der Waals surface area contributed by atoms with Gasteiger partial charge in [0.2, 0.25) is 0 Å². The highest BCUT2D eigenvalue weighted by molar-refractivity contribution is 5.78. The van der Waals surface area contributed by atoms with Gasteiger partial charge in [0.15, 0.2) is 0 Å². The number of rotatable bonds is 10. The molecule has 0 saturated heterocycles. The topological polar surface area (TPSA) is 30.0 Å². The van der Waals surface area contributed by atoms with Crippen molar-refractivity contribution in [3.8, 4) is 0 Å². The van der Waals surface area contributed by atoms with Gasteiger partial charge in [0.1, 0.15) is 5.78 Å². The Morgan fingerprint density at radius 3 is 2.56 bits per heavy atom. The molecular weight excluding hydrogens is 222 g/mol. The van der Waals surface area contributed by atoms with Gasteiger partial charge in [-0.15, -0.1) is 0 Å². The molecule has 0 bridgehead atoms. The Kier molecular flexibility index (Phi) is 8.11. The first-order valence-corrected chi connectivity index (χ1v) is 7.24. The summed E-state index contributed by atoms with van der Waals surface area (Å²) in [6.45, 7) is 2.22. The van der Waals surface area contributed by atoms with Gasteiger partial charge in [-0.05, 0) is 25.0 Å². The third-order valence-electron chi connectivity index (χ3n) is 3.20. The first-order chi connectivity index (χ1) is 8.83. The second-order valence-corrected chi connectivity index (χ2v) is 4.88. The van der Waals surface area contributed by atoms with E-state index in [-0.39, 0.29) is 0 Å². The van der Waals surface area contributed by atoms with Crippen LogP contribution in [0.4, 0.5) is 0 Å². The molecule has 0 aliphatic rings. The first-order valence-electron chi connectivity index (χ1n) is 7.24. The zero-order valence-corrected chi connectivity index (χ0v) is 11.5. The van der Waals surface area contributed by atoms with Gasteiger partial charge in [-0.2, -0.15) is 0 Å². The first kappa shape index (κ1) is 14.9. The van der Waals surface area contributed by atoms with Crippen LogP contribution in [0.5, 0.6) is 0 Å². The fourth-order valence-corrected chi connectivity index (χ4v) is 2.04. The molecule has 0 aliphatic heterocycles. The molecule has 0 fully saturated rings. The van der Waals surface area contributed by atoms with Gasteiger partial charge in [-0.3, -0.25) is 9.78 Å². The molecule has 0 spiro atoms. The molecule has 0 radical (unpaired) electrons. The standard InChI is InChI=1S/C16H25NO/c1-2-3-4-5-6-7-11-16(18)13-12-15-10-8-9-14-17-15/h8-10,14H,2-7,11-13H2,1H3. The van der Waals surface area contributed by atoms with Crippen LogP contribution in [0.1, 0.15) is 64.0 Å². The van der Waals surface area contributed by atoms with Gasteiger partial charge < -0.3 is 0 Å². The predicted octanol–water partition coefficient (Wildman–Crippen LogP) is 4.33. The summed E-state index contributed by atoms with van der Waals surface area (Å²) in [6.07, 6.45) is 11.4. The minimum atomic E-state index is 0.385. The quantitative estimate of drug-likeness (QED) is 0.576. The van der Waals surface area contributed by atoms with Crippen molar-refractivity contribution in [1.29, 1.82) is 0 Å². The van der Waals surface area contributed by atoms with Crippen LogP contribution in [0.15, 0.2) is 24.4 Å². The second-order valence-electron chi connectivity index (χ2n) is 4.88. The maximum absolute atomic E-state index is 11.7. The van der Waals surface area contributed by atoms with E-state index >= 15 is 0 Å². The van der Waals surface area contributed by atoms with E-state index in [0.717, 1.165) is 25.0 Å². The molecule has 2 nitrogen and oxygen atoms in total. The van der Waals surface area contributed by atoms with Crippen molar-refractivity contribution in [2.24, 2.45) is 0 Å². The zero-order chi connectivity index (χ0) is 13.1. The summed E-state index contributed by atoms with van der Waals surface area (Å²) >= 11 is 0. The number of aromatic nitrogens is 1. The van der Waals surface area contributed by atoms with E-state index in [1.165, 1.54) is 32.1 Å². The van der Waals surface area contributed by atoms with Gasteiger partial charge in [0.25, 0.3) is 0 Å². The average molecular weight is 247 g/mol. The third-order valence-corrected chi connectivity index (χ3v) is 3.20. The zero-order valence-electron chi connectivity index (χ0n) is 11.5. The number of aryl methyl sites for hydroxylation is 1. The molecule has 18 heavy (non-hydrogen) atoms. The summed E-state index contributed by atoms with van der Waals surface area (Å²) in [5.41, 5.74) is 1.02. The van der Waals surface area contributed by atoms with Crippen LogP contribution in [0.25, 0.3) is 0 Å². The Morgan fingerprint density at radius 2 is 1.83 bits per heavy atom. The van der Waals surface area contributed by atoms with E-state index in [1.807, 2.05) is 18.2 Å². The minimum Gasteiger partial charge on any atom is -0.300 e. The lowest BCUT2D eigenvalue weighted by atomic mass is 10.0. The van der Waals surface area contributed by atoms with Crippen LogP contribution in [0, 0.1) is 0 Å². The summed E-state index contributed by atoms with van der Waals surface area (Å²) < 4.78 is 0. The Balaban J connectivity index is 2.01. The Labute approximate surface area is 111 Å². The van der Waals surface area contributed by atoms with Crippen LogP contribution in [0.3, 0.4) is 0 Å². The van der Waals surface area contributed by atoms with Gasteiger partial charge in [-0.25, -0.2) is 0 Å². The lowest BCUT2D eigenvalue weighted by molar-refractivity contribution is -0.119. The normalized spacial score (nSPS) is 10.5. The number of Topliss-reactive ketones (excluding diaryl/α,β-unsaturated/α-hetero) is 1. The van der Waals surface area contributed by atoms with Crippen molar-refractivity contribution in [2.45, 2.75) is 64.7 Å². The van der Waals surface area contributed by atoms with Crippen molar-refractivity contribution in [3.63, 3.8) is 0 Å². The summed E-state index contributed by atoms with van der Waals surface area (Å²) in [6, 6.07) is 5.86. The summed E-state index contributed by atoms with van der Waals surface area (Å²) in [5, 5.41) is 0. The highest BCUT2D eigenvalue weighted by atomic mass is 16.1. The van der Waals surface area contributed by atoms with E-state index in [1.54, 1.807) is 6.20 Å². The third kappa shape index (κ3) is 7.21. The lowest BCUT2D eigenvalue weighted by Crippen LogP contribution is -2.01. The molecule has 0 saturated carbocycles.